The molecule has 0 N–H and O–H groups in total. The third kappa shape index (κ3) is 6.32. The maximum absolute atomic E-state index is 4.32. The molecule has 2 aromatic heterocycles. The first-order chi connectivity index (χ1) is 11.9. The Hall–Kier alpha value is -2.10. The summed E-state index contributed by atoms with van der Waals surface area (Å²) in [6.45, 7) is 13.5. The number of aryl methyl sites for hydroxylation is 2. The van der Waals surface area contributed by atoms with E-state index in [0.717, 1.165) is 18.4 Å². The minimum atomic E-state index is 0.340. The second kappa shape index (κ2) is 7.65. The van der Waals surface area contributed by atoms with E-state index in [1.54, 1.807) is 0 Å². The van der Waals surface area contributed by atoms with E-state index in [1.807, 2.05) is 31.3 Å². The van der Waals surface area contributed by atoms with Gasteiger partial charge in [0.1, 0.15) is 0 Å². The average molecular weight is 355 g/mol. The molecule has 0 atom stereocenters. The van der Waals surface area contributed by atoms with Crippen molar-refractivity contribution in [1.82, 2.24) is 19.3 Å². The molecule has 3 rings (SSSR count). The maximum Gasteiger partial charge on any atom is 0.0955 e. The van der Waals surface area contributed by atoms with Crippen molar-refractivity contribution >= 4 is 11.0 Å². The molecule has 0 aliphatic rings. The highest BCUT2D eigenvalue weighted by Gasteiger charge is 2.13. The second-order valence-electron chi connectivity index (χ2n) is 9.63. The Bertz CT molecular complexity index is 841. The summed E-state index contributed by atoms with van der Waals surface area (Å²) >= 11 is 0. The lowest BCUT2D eigenvalue weighted by molar-refractivity contribution is 0.404. The molecular weight excluding hydrogens is 320 g/mol. The van der Waals surface area contributed by atoms with Crippen LogP contribution >= 0.6 is 0 Å². The van der Waals surface area contributed by atoms with Crippen molar-refractivity contribution in [1.29, 1.82) is 0 Å². The molecule has 0 radical (unpaired) electrons. The lowest BCUT2D eigenvalue weighted by Crippen LogP contribution is -2.09. The fourth-order valence-corrected chi connectivity index (χ4v) is 2.99. The normalized spacial score (nSPS) is 12.2. The van der Waals surface area contributed by atoms with Gasteiger partial charge < -0.3 is 4.57 Å². The summed E-state index contributed by atoms with van der Waals surface area (Å²) < 4.78 is 3.92. The van der Waals surface area contributed by atoms with E-state index in [-0.39, 0.29) is 0 Å². The van der Waals surface area contributed by atoms with Crippen molar-refractivity contribution in [3.63, 3.8) is 0 Å². The standard InChI is InChI=1S/C13H18N2.C9H16N2/c1-13(2,3)8-10-5-6-11-12(7-10)15(4)9-14-11;1-9(2,3)7-8-5-6-11(4)10-8/h5-7,9H,8H2,1-4H3;5-6H,7H2,1-4H3. The van der Waals surface area contributed by atoms with Crippen molar-refractivity contribution in [2.45, 2.75) is 54.4 Å². The third-order valence-electron chi connectivity index (χ3n) is 4.00. The van der Waals surface area contributed by atoms with Gasteiger partial charge in [0.2, 0.25) is 0 Å². The fraction of sp³-hybridized carbons (Fsp3) is 0.545. The summed E-state index contributed by atoms with van der Waals surface area (Å²) in [5, 5.41) is 4.31. The van der Waals surface area contributed by atoms with E-state index in [1.165, 1.54) is 16.8 Å². The first-order valence-electron chi connectivity index (χ1n) is 9.31. The van der Waals surface area contributed by atoms with Crippen LogP contribution in [0.1, 0.15) is 52.8 Å². The van der Waals surface area contributed by atoms with E-state index in [4.69, 9.17) is 0 Å². The van der Waals surface area contributed by atoms with Crippen molar-refractivity contribution in [2.75, 3.05) is 0 Å². The topological polar surface area (TPSA) is 35.6 Å². The van der Waals surface area contributed by atoms with E-state index in [9.17, 15) is 0 Å². The Kier molecular flexibility index (Phi) is 5.94. The first-order valence-corrected chi connectivity index (χ1v) is 9.31. The molecule has 0 bridgehead atoms. The SMILES string of the molecule is Cn1ccc(CC(C)(C)C)n1.Cn1cnc2ccc(CC(C)(C)C)cc21. The van der Waals surface area contributed by atoms with Crippen molar-refractivity contribution in [3.8, 4) is 0 Å². The number of fused-ring (bicyclic) bond motifs is 1. The third-order valence-corrected chi connectivity index (χ3v) is 4.00. The predicted molar refractivity (Wildman–Crippen MR) is 110 cm³/mol. The summed E-state index contributed by atoms with van der Waals surface area (Å²) in [6, 6.07) is 8.61. The van der Waals surface area contributed by atoms with E-state index in [0.29, 0.717) is 10.8 Å². The quantitative estimate of drug-likeness (QED) is 0.636. The Labute approximate surface area is 158 Å². The molecule has 26 heavy (non-hydrogen) atoms. The molecule has 2 heterocycles. The van der Waals surface area contributed by atoms with Crippen LogP contribution < -0.4 is 0 Å². The lowest BCUT2D eigenvalue weighted by Gasteiger charge is -2.18. The van der Waals surface area contributed by atoms with Crippen molar-refractivity contribution < 1.29 is 0 Å². The number of aromatic nitrogens is 4. The van der Waals surface area contributed by atoms with Crippen LogP contribution in [0.2, 0.25) is 0 Å². The summed E-state index contributed by atoms with van der Waals surface area (Å²) in [6.07, 6.45) is 6.01. The van der Waals surface area contributed by atoms with Gasteiger partial charge in [0.15, 0.2) is 0 Å². The van der Waals surface area contributed by atoms with Gasteiger partial charge >= 0.3 is 0 Å². The number of hydrogen-bond acceptors (Lipinski definition) is 2. The fourth-order valence-electron chi connectivity index (χ4n) is 2.99. The number of nitrogens with zero attached hydrogens (tertiary/aromatic N) is 4. The Morgan fingerprint density at radius 2 is 1.54 bits per heavy atom. The van der Waals surface area contributed by atoms with Crippen LogP contribution in [0.25, 0.3) is 11.0 Å². The largest absolute Gasteiger partial charge is 0.334 e. The first kappa shape index (κ1) is 20.2. The molecule has 0 saturated carbocycles. The number of benzene rings is 1. The summed E-state index contributed by atoms with van der Waals surface area (Å²) in [7, 11) is 3.99. The highest BCUT2D eigenvalue weighted by atomic mass is 15.2. The zero-order chi connectivity index (χ0) is 19.5. The zero-order valence-electron chi connectivity index (χ0n) is 17.7. The van der Waals surface area contributed by atoms with Gasteiger partial charge in [0.05, 0.1) is 23.1 Å². The molecule has 0 aliphatic heterocycles. The molecule has 0 fully saturated rings. The van der Waals surface area contributed by atoms with E-state index in [2.05, 4.69) is 80.5 Å². The highest BCUT2D eigenvalue weighted by molar-refractivity contribution is 5.75. The van der Waals surface area contributed by atoms with Gasteiger partial charge in [-0.3, -0.25) is 4.68 Å². The second-order valence-corrected chi connectivity index (χ2v) is 9.63. The molecule has 4 nitrogen and oxygen atoms in total. The van der Waals surface area contributed by atoms with E-state index < -0.39 is 0 Å². The van der Waals surface area contributed by atoms with Crippen LogP contribution in [-0.2, 0) is 26.9 Å². The minimum Gasteiger partial charge on any atom is -0.334 e. The molecule has 4 heteroatoms. The van der Waals surface area contributed by atoms with Crippen LogP contribution in [0.3, 0.4) is 0 Å². The number of hydrogen-bond donors (Lipinski definition) is 0. The van der Waals surface area contributed by atoms with Crippen LogP contribution in [0.5, 0.6) is 0 Å². The van der Waals surface area contributed by atoms with Crippen molar-refractivity contribution in [2.24, 2.45) is 24.9 Å². The van der Waals surface area contributed by atoms with E-state index >= 15 is 0 Å². The van der Waals surface area contributed by atoms with Crippen LogP contribution in [0.4, 0.5) is 0 Å². The van der Waals surface area contributed by atoms with Gasteiger partial charge in [-0.05, 0) is 47.4 Å². The lowest BCUT2D eigenvalue weighted by atomic mass is 9.88. The van der Waals surface area contributed by atoms with Gasteiger partial charge in [0.25, 0.3) is 0 Å². The van der Waals surface area contributed by atoms with Gasteiger partial charge in [0, 0.05) is 20.3 Å². The molecule has 1 aromatic carbocycles. The van der Waals surface area contributed by atoms with Gasteiger partial charge in [-0.1, -0.05) is 47.6 Å². The minimum absolute atomic E-state index is 0.340. The highest BCUT2D eigenvalue weighted by Crippen LogP contribution is 2.23. The molecule has 0 saturated heterocycles. The van der Waals surface area contributed by atoms with Crippen molar-refractivity contribution in [3.05, 3.63) is 48.0 Å². The maximum atomic E-state index is 4.32. The molecule has 142 valence electrons. The molecule has 0 aliphatic carbocycles. The average Bonchev–Trinajstić information content (AvgIpc) is 3.03. The number of imidazole rings is 1. The van der Waals surface area contributed by atoms with Crippen LogP contribution in [0, 0.1) is 10.8 Å². The predicted octanol–water partition coefficient (Wildman–Crippen LogP) is 5.17. The van der Waals surface area contributed by atoms with Gasteiger partial charge in [-0.15, -0.1) is 0 Å². The Morgan fingerprint density at radius 3 is 2.08 bits per heavy atom. The molecule has 0 spiro atoms. The van der Waals surface area contributed by atoms with Gasteiger partial charge in [-0.2, -0.15) is 5.10 Å². The molecule has 3 aromatic rings. The summed E-state index contributed by atoms with van der Waals surface area (Å²) in [4.78, 5) is 4.32. The molecule has 0 unspecified atom stereocenters. The Morgan fingerprint density at radius 1 is 0.885 bits per heavy atom. The zero-order valence-corrected chi connectivity index (χ0v) is 17.7. The van der Waals surface area contributed by atoms with Gasteiger partial charge in [-0.25, -0.2) is 4.98 Å². The number of rotatable bonds is 2. The molecule has 0 amide bonds. The molecular formula is C22H34N4. The summed E-state index contributed by atoms with van der Waals surface area (Å²) in [5.41, 5.74) is 5.55. The van der Waals surface area contributed by atoms with Crippen LogP contribution in [-0.4, -0.2) is 19.3 Å². The summed E-state index contributed by atoms with van der Waals surface area (Å²) in [5.74, 6) is 0. The smallest absolute Gasteiger partial charge is 0.0955 e. The monoisotopic (exact) mass is 354 g/mol. The Balaban J connectivity index is 0.000000197. The van der Waals surface area contributed by atoms with Crippen LogP contribution in [0.15, 0.2) is 36.8 Å².